The Kier molecular flexibility index (Phi) is 3.98. The van der Waals surface area contributed by atoms with Crippen LogP contribution in [0.15, 0.2) is 42.9 Å². The summed E-state index contributed by atoms with van der Waals surface area (Å²) in [7, 11) is 0. The number of carbonyl (C=O) groups excluding carboxylic acids is 1. The molecule has 1 atom stereocenters. The van der Waals surface area contributed by atoms with E-state index in [2.05, 4.69) is 27.3 Å². The molecule has 0 fully saturated rings. The number of benzene rings is 1. The Labute approximate surface area is 152 Å². The van der Waals surface area contributed by atoms with Crippen molar-refractivity contribution >= 4 is 17.4 Å². The zero-order chi connectivity index (χ0) is 19.1. The van der Waals surface area contributed by atoms with Gasteiger partial charge in [-0.2, -0.15) is 5.10 Å². The number of nitrogens with one attached hydrogen (secondary N) is 2. The smallest absolute Gasteiger partial charge is 0.257 e. The van der Waals surface area contributed by atoms with Gasteiger partial charge >= 0.3 is 0 Å². The molecule has 0 radical (unpaired) electrons. The summed E-state index contributed by atoms with van der Waals surface area (Å²) in [5, 5.41) is 9.79. The zero-order valence-electron chi connectivity index (χ0n) is 14.3. The summed E-state index contributed by atoms with van der Waals surface area (Å²) in [6.45, 7) is 5.35. The van der Waals surface area contributed by atoms with Crippen molar-refractivity contribution < 1.29 is 18.3 Å². The highest BCUT2D eigenvalue weighted by atomic mass is 19.1. The van der Waals surface area contributed by atoms with Gasteiger partial charge in [-0.15, -0.1) is 0 Å². The number of hydrogen-bond acceptors (Lipinski definition) is 5. The number of aromatic nitrogens is 3. The summed E-state index contributed by atoms with van der Waals surface area (Å²) < 4.78 is 35.1. The van der Waals surface area contributed by atoms with Gasteiger partial charge in [0.1, 0.15) is 23.0 Å². The molecule has 0 saturated heterocycles. The first-order chi connectivity index (χ1) is 12.9. The van der Waals surface area contributed by atoms with E-state index in [1.807, 2.05) is 0 Å². The first-order valence-electron chi connectivity index (χ1n) is 8.16. The van der Waals surface area contributed by atoms with E-state index in [0.29, 0.717) is 11.5 Å². The van der Waals surface area contributed by atoms with E-state index in [1.165, 1.54) is 16.8 Å². The minimum absolute atomic E-state index is 0.0616. The number of anilines is 1. The quantitative estimate of drug-likeness (QED) is 0.635. The van der Waals surface area contributed by atoms with Crippen LogP contribution in [0.2, 0.25) is 0 Å². The van der Waals surface area contributed by atoms with Crippen molar-refractivity contribution in [3.05, 3.63) is 65.7 Å². The fourth-order valence-corrected chi connectivity index (χ4v) is 2.87. The summed E-state index contributed by atoms with van der Waals surface area (Å²) >= 11 is 0. The van der Waals surface area contributed by atoms with Crippen LogP contribution in [0.1, 0.15) is 28.9 Å². The number of hydrogen-bond donors (Lipinski definition) is 2. The molecule has 138 valence electrons. The fourth-order valence-electron chi connectivity index (χ4n) is 2.87. The molecule has 3 heterocycles. The summed E-state index contributed by atoms with van der Waals surface area (Å²) in [5.41, 5.74) is 0.879. The number of fused-ring (bicyclic) bond motifs is 2. The van der Waals surface area contributed by atoms with Gasteiger partial charge in [0.05, 0.1) is 18.8 Å². The van der Waals surface area contributed by atoms with Gasteiger partial charge in [0, 0.05) is 17.8 Å². The number of rotatable bonds is 0. The number of ether oxygens (including phenoxy) is 1. The zero-order valence-corrected chi connectivity index (χ0v) is 14.3. The Hall–Kier alpha value is -3.49. The molecule has 7 nitrogen and oxygen atoms in total. The van der Waals surface area contributed by atoms with Gasteiger partial charge in [-0.05, 0) is 19.1 Å². The van der Waals surface area contributed by atoms with Crippen LogP contribution in [0.3, 0.4) is 0 Å². The maximum atomic E-state index is 14.3. The van der Waals surface area contributed by atoms with E-state index < -0.39 is 23.6 Å². The largest absolute Gasteiger partial charge is 0.457 e. The minimum Gasteiger partial charge on any atom is -0.457 e. The van der Waals surface area contributed by atoms with Crippen LogP contribution in [0.4, 0.5) is 14.6 Å². The second-order valence-electron chi connectivity index (χ2n) is 6.13. The first kappa shape index (κ1) is 17.0. The summed E-state index contributed by atoms with van der Waals surface area (Å²) in [6, 6.07) is 3.03. The number of carbonyl (C=O) groups is 1. The lowest BCUT2D eigenvalue weighted by molar-refractivity contribution is 0.0954. The topological polar surface area (TPSA) is 80.6 Å². The number of halogens is 2. The molecule has 27 heavy (non-hydrogen) atoms. The van der Waals surface area contributed by atoms with Crippen LogP contribution in [0.5, 0.6) is 5.75 Å². The third-order valence-electron chi connectivity index (χ3n) is 4.17. The second-order valence-corrected chi connectivity index (χ2v) is 6.13. The van der Waals surface area contributed by atoms with E-state index in [0.717, 1.165) is 6.07 Å². The first-order valence-corrected chi connectivity index (χ1v) is 8.16. The van der Waals surface area contributed by atoms with Gasteiger partial charge in [-0.1, -0.05) is 6.58 Å². The van der Waals surface area contributed by atoms with Crippen molar-refractivity contribution in [1.29, 1.82) is 0 Å². The molecule has 0 aliphatic carbocycles. The lowest BCUT2D eigenvalue weighted by Crippen LogP contribution is -2.27. The van der Waals surface area contributed by atoms with Crippen molar-refractivity contribution in [3.8, 4) is 5.75 Å². The van der Waals surface area contributed by atoms with Gasteiger partial charge in [0.2, 0.25) is 0 Å². The molecular formula is C18H15F2N5O2. The molecule has 2 aromatic heterocycles. The van der Waals surface area contributed by atoms with Crippen LogP contribution in [-0.4, -0.2) is 27.0 Å². The average molecular weight is 371 g/mol. The Morgan fingerprint density at radius 2 is 2.19 bits per heavy atom. The van der Waals surface area contributed by atoms with Crippen molar-refractivity contribution in [1.82, 2.24) is 19.9 Å². The number of nitrogens with zero attached hydrogens (tertiary/aromatic N) is 3. The van der Waals surface area contributed by atoms with Crippen LogP contribution >= 0.6 is 0 Å². The molecule has 3 aromatic rings. The van der Waals surface area contributed by atoms with Gasteiger partial charge in [-0.25, -0.2) is 18.3 Å². The van der Waals surface area contributed by atoms with Crippen molar-refractivity contribution in [2.45, 2.75) is 13.0 Å². The standard InChI is InChI=1S/C18H15F2N5O2/c1-9-7-21-18(26)13-8-22-25-4-3-15(24-17(13)25)23-10(2)12-5-11(19)6-14(20)16(12)27-9/h3-6,8,10H,1,7H2,2H3,(H,21,26)(H,23,24)/t10-/m1/s1. The molecule has 4 rings (SSSR count). The molecule has 2 N–H and O–H groups in total. The lowest BCUT2D eigenvalue weighted by Gasteiger charge is -2.20. The predicted molar refractivity (Wildman–Crippen MR) is 93.5 cm³/mol. The van der Waals surface area contributed by atoms with E-state index in [4.69, 9.17) is 4.74 Å². The van der Waals surface area contributed by atoms with Crippen molar-refractivity contribution in [3.63, 3.8) is 0 Å². The van der Waals surface area contributed by atoms with E-state index in [9.17, 15) is 13.6 Å². The third kappa shape index (κ3) is 3.07. The molecule has 0 spiro atoms. The van der Waals surface area contributed by atoms with E-state index in [-0.39, 0.29) is 29.2 Å². The lowest BCUT2D eigenvalue weighted by atomic mass is 10.1. The molecule has 0 unspecified atom stereocenters. The Balaban J connectivity index is 1.85. The SMILES string of the molecule is C=C1CNC(=O)c2cnn3ccc(nc23)N[C@H](C)c2cc(F)cc(F)c2O1. The predicted octanol–water partition coefficient (Wildman–Crippen LogP) is 2.82. The highest BCUT2D eigenvalue weighted by Crippen LogP contribution is 2.32. The van der Waals surface area contributed by atoms with E-state index >= 15 is 0 Å². The van der Waals surface area contributed by atoms with Gasteiger partial charge in [-0.3, -0.25) is 4.79 Å². The Bertz CT molecular complexity index is 1080. The molecular weight excluding hydrogens is 356 g/mol. The Morgan fingerprint density at radius 1 is 1.37 bits per heavy atom. The second kappa shape index (κ2) is 6.35. The molecule has 9 heteroatoms. The van der Waals surface area contributed by atoms with Crippen LogP contribution in [-0.2, 0) is 0 Å². The van der Waals surface area contributed by atoms with Crippen LogP contribution in [0.25, 0.3) is 5.65 Å². The molecule has 1 amide bonds. The highest BCUT2D eigenvalue weighted by molar-refractivity contribution is 5.99. The fraction of sp³-hybridized carbons (Fsp3) is 0.167. The van der Waals surface area contributed by atoms with Gasteiger partial charge < -0.3 is 15.4 Å². The van der Waals surface area contributed by atoms with Crippen LogP contribution < -0.4 is 15.4 Å². The van der Waals surface area contributed by atoms with Gasteiger partial charge in [0.15, 0.2) is 17.2 Å². The molecule has 0 saturated carbocycles. The van der Waals surface area contributed by atoms with Gasteiger partial charge in [0.25, 0.3) is 5.91 Å². The monoisotopic (exact) mass is 371 g/mol. The average Bonchev–Trinajstić information content (AvgIpc) is 3.04. The Morgan fingerprint density at radius 3 is 3.00 bits per heavy atom. The normalized spacial score (nSPS) is 17.2. The maximum absolute atomic E-state index is 14.3. The molecule has 1 aliphatic rings. The van der Waals surface area contributed by atoms with Crippen molar-refractivity contribution in [2.24, 2.45) is 0 Å². The molecule has 1 aromatic carbocycles. The summed E-state index contributed by atoms with van der Waals surface area (Å²) in [4.78, 5) is 16.8. The highest BCUT2D eigenvalue weighted by Gasteiger charge is 2.22. The maximum Gasteiger partial charge on any atom is 0.257 e. The number of amides is 1. The van der Waals surface area contributed by atoms with Crippen molar-refractivity contribution in [2.75, 3.05) is 11.9 Å². The summed E-state index contributed by atoms with van der Waals surface area (Å²) in [5.74, 6) is -1.65. The van der Waals surface area contributed by atoms with Crippen LogP contribution in [0, 0.1) is 11.6 Å². The molecule has 2 bridgehead atoms. The third-order valence-corrected chi connectivity index (χ3v) is 4.17. The summed E-state index contributed by atoms with van der Waals surface area (Å²) in [6.07, 6.45) is 3.04. The minimum atomic E-state index is -0.860. The molecule has 1 aliphatic heterocycles. The van der Waals surface area contributed by atoms with E-state index in [1.54, 1.807) is 19.2 Å².